The molecule has 1 saturated carbocycles. The molecule has 1 N–H and O–H groups in total. The molecule has 1 aromatic rings. The van der Waals surface area contributed by atoms with E-state index in [-0.39, 0.29) is 17.3 Å². The Kier molecular flexibility index (Phi) is 3.71. The van der Waals surface area contributed by atoms with Crippen molar-refractivity contribution in [2.24, 2.45) is 0 Å². The van der Waals surface area contributed by atoms with Gasteiger partial charge in [0.15, 0.2) is 0 Å². The van der Waals surface area contributed by atoms with Crippen molar-refractivity contribution in [3.8, 4) is 0 Å². The first-order valence-electron chi connectivity index (χ1n) is 6.09. The molecular weight excluding hydrogens is 262 g/mol. The van der Waals surface area contributed by atoms with Gasteiger partial charge in [-0.1, -0.05) is 0 Å². The number of nitrogens with zero attached hydrogens (tertiary/aromatic N) is 1. The number of hydrogen-bond donors (Lipinski definition) is 1. The summed E-state index contributed by atoms with van der Waals surface area (Å²) in [4.78, 5) is 1.21. The Morgan fingerprint density at radius 3 is 2.47 bits per heavy atom. The Labute approximate surface area is 108 Å². The first kappa shape index (κ1) is 14.1. The zero-order valence-electron chi connectivity index (χ0n) is 10.4. The van der Waals surface area contributed by atoms with E-state index >= 15 is 0 Å². The molecule has 2 rings (SSSR count). The standard InChI is InChI=1S/C13H15F4NO/c1-8(19)11-6-9(14)2-5-12(11)18(10-3-4-10)7-13(15,16)17/h2,5-6,8,10,19H,3-4,7H2,1H3. The Hall–Kier alpha value is -1.30. The molecule has 0 amide bonds. The third-order valence-electron chi connectivity index (χ3n) is 3.09. The van der Waals surface area contributed by atoms with Crippen molar-refractivity contribution < 1.29 is 22.7 Å². The Balaban J connectivity index is 2.36. The van der Waals surface area contributed by atoms with Crippen molar-refractivity contribution in [1.29, 1.82) is 0 Å². The van der Waals surface area contributed by atoms with Crippen LogP contribution in [0.3, 0.4) is 0 Å². The van der Waals surface area contributed by atoms with E-state index in [9.17, 15) is 22.7 Å². The van der Waals surface area contributed by atoms with Crippen molar-refractivity contribution in [2.45, 2.75) is 38.1 Å². The zero-order chi connectivity index (χ0) is 14.2. The van der Waals surface area contributed by atoms with Gasteiger partial charge >= 0.3 is 6.18 Å². The number of alkyl halides is 3. The Bertz CT molecular complexity index is 454. The van der Waals surface area contributed by atoms with Gasteiger partial charge in [0, 0.05) is 17.3 Å². The highest BCUT2D eigenvalue weighted by molar-refractivity contribution is 5.56. The van der Waals surface area contributed by atoms with Gasteiger partial charge in [0.25, 0.3) is 0 Å². The fraction of sp³-hybridized carbons (Fsp3) is 0.538. The number of aliphatic hydroxyl groups is 1. The molecule has 0 bridgehead atoms. The van der Waals surface area contributed by atoms with Gasteiger partial charge in [-0.15, -0.1) is 0 Å². The summed E-state index contributed by atoms with van der Waals surface area (Å²) in [5.74, 6) is -0.567. The minimum atomic E-state index is -4.33. The van der Waals surface area contributed by atoms with Crippen LogP contribution >= 0.6 is 0 Å². The van der Waals surface area contributed by atoms with Gasteiger partial charge in [-0.05, 0) is 38.0 Å². The number of rotatable bonds is 4. The van der Waals surface area contributed by atoms with Gasteiger partial charge in [-0.2, -0.15) is 13.2 Å². The molecule has 19 heavy (non-hydrogen) atoms. The predicted molar refractivity (Wildman–Crippen MR) is 63.5 cm³/mol. The van der Waals surface area contributed by atoms with Crippen molar-refractivity contribution >= 4 is 5.69 Å². The van der Waals surface area contributed by atoms with Crippen LogP contribution in [0.5, 0.6) is 0 Å². The van der Waals surface area contributed by atoms with Crippen molar-refractivity contribution in [3.05, 3.63) is 29.6 Å². The maximum Gasteiger partial charge on any atom is 0.405 e. The molecule has 1 unspecified atom stereocenters. The van der Waals surface area contributed by atoms with E-state index in [1.165, 1.54) is 17.9 Å². The molecule has 1 aromatic carbocycles. The van der Waals surface area contributed by atoms with Crippen LogP contribution in [0.15, 0.2) is 18.2 Å². The molecule has 1 aliphatic rings. The second kappa shape index (κ2) is 5.00. The Morgan fingerprint density at radius 2 is 2.00 bits per heavy atom. The molecule has 106 valence electrons. The summed E-state index contributed by atoms with van der Waals surface area (Å²) in [6, 6.07) is 3.34. The fourth-order valence-corrected chi connectivity index (χ4v) is 2.11. The quantitative estimate of drug-likeness (QED) is 0.852. The molecule has 0 heterocycles. The van der Waals surface area contributed by atoms with E-state index in [4.69, 9.17) is 0 Å². The fourth-order valence-electron chi connectivity index (χ4n) is 2.11. The summed E-state index contributed by atoms with van der Waals surface area (Å²) < 4.78 is 51.0. The molecule has 0 spiro atoms. The van der Waals surface area contributed by atoms with Crippen LogP contribution < -0.4 is 4.90 Å². The van der Waals surface area contributed by atoms with Crippen molar-refractivity contribution in [3.63, 3.8) is 0 Å². The van der Waals surface area contributed by atoms with Crippen LogP contribution in [-0.2, 0) is 0 Å². The first-order valence-corrected chi connectivity index (χ1v) is 6.09. The van der Waals surface area contributed by atoms with Crippen LogP contribution in [-0.4, -0.2) is 23.9 Å². The smallest absolute Gasteiger partial charge is 0.389 e. The molecule has 1 fully saturated rings. The van der Waals surface area contributed by atoms with E-state index in [0.717, 1.165) is 12.1 Å². The second-order valence-electron chi connectivity index (χ2n) is 4.85. The molecule has 0 aromatic heterocycles. The summed E-state index contributed by atoms with van der Waals surface area (Å²) in [6.07, 6.45) is -3.97. The van der Waals surface area contributed by atoms with Crippen LogP contribution in [0, 0.1) is 5.82 Å². The number of halogens is 4. The van der Waals surface area contributed by atoms with Crippen LogP contribution in [0.2, 0.25) is 0 Å². The number of hydrogen-bond acceptors (Lipinski definition) is 2. The van der Waals surface area contributed by atoms with E-state index in [1.807, 2.05) is 0 Å². The monoisotopic (exact) mass is 277 g/mol. The lowest BCUT2D eigenvalue weighted by molar-refractivity contribution is -0.120. The average Bonchev–Trinajstić information content (AvgIpc) is 3.08. The normalized spacial score (nSPS) is 17.4. The maximum absolute atomic E-state index is 13.2. The maximum atomic E-state index is 13.2. The van der Waals surface area contributed by atoms with Gasteiger partial charge < -0.3 is 10.0 Å². The Morgan fingerprint density at radius 1 is 1.37 bits per heavy atom. The summed E-state index contributed by atoms with van der Waals surface area (Å²) in [5, 5.41) is 9.60. The molecule has 0 aliphatic heterocycles. The lowest BCUT2D eigenvalue weighted by Gasteiger charge is -2.28. The highest BCUT2D eigenvalue weighted by Gasteiger charge is 2.39. The van der Waals surface area contributed by atoms with E-state index in [0.29, 0.717) is 12.8 Å². The van der Waals surface area contributed by atoms with Crippen LogP contribution in [0.25, 0.3) is 0 Å². The summed E-state index contributed by atoms with van der Waals surface area (Å²) in [6.45, 7) is 0.333. The topological polar surface area (TPSA) is 23.5 Å². The zero-order valence-corrected chi connectivity index (χ0v) is 10.4. The van der Waals surface area contributed by atoms with Gasteiger partial charge in [0.05, 0.1) is 6.10 Å². The highest BCUT2D eigenvalue weighted by atomic mass is 19.4. The number of aliphatic hydroxyl groups excluding tert-OH is 1. The van der Waals surface area contributed by atoms with E-state index in [1.54, 1.807) is 0 Å². The molecular formula is C13H15F4NO. The molecule has 0 saturated heterocycles. The molecule has 1 atom stereocenters. The van der Waals surface area contributed by atoms with Gasteiger partial charge in [0.1, 0.15) is 12.4 Å². The summed E-state index contributed by atoms with van der Waals surface area (Å²) in [5.41, 5.74) is 0.451. The van der Waals surface area contributed by atoms with Crippen LogP contribution in [0.4, 0.5) is 23.2 Å². The number of anilines is 1. The lowest BCUT2D eigenvalue weighted by Crippen LogP contribution is -2.36. The molecule has 1 aliphatic carbocycles. The second-order valence-corrected chi connectivity index (χ2v) is 4.85. The van der Waals surface area contributed by atoms with E-state index in [2.05, 4.69) is 0 Å². The van der Waals surface area contributed by atoms with Gasteiger partial charge in [-0.3, -0.25) is 0 Å². The lowest BCUT2D eigenvalue weighted by atomic mass is 10.1. The molecule has 0 radical (unpaired) electrons. The average molecular weight is 277 g/mol. The molecule has 6 heteroatoms. The third kappa shape index (κ3) is 3.59. The van der Waals surface area contributed by atoms with Crippen molar-refractivity contribution in [1.82, 2.24) is 0 Å². The number of benzene rings is 1. The van der Waals surface area contributed by atoms with Gasteiger partial charge in [-0.25, -0.2) is 4.39 Å². The molecule has 2 nitrogen and oxygen atoms in total. The largest absolute Gasteiger partial charge is 0.405 e. The minimum absolute atomic E-state index is 0.176. The summed E-state index contributed by atoms with van der Waals surface area (Å²) >= 11 is 0. The van der Waals surface area contributed by atoms with Crippen LogP contribution in [0.1, 0.15) is 31.4 Å². The first-order chi connectivity index (χ1) is 8.78. The van der Waals surface area contributed by atoms with Crippen molar-refractivity contribution in [2.75, 3.05) is 11.4 Å². The third-order valence-corrected chi connectivity index (χ3v) is 3.09. The SMILES string of the molecule is CC(O)c1cc(F)ccc1N(CC(F)(F)F)C1CC1. The van der Waals surface area contributed by atoms with E-state index < -0.39 is 24.6 Å². The summed E-state index contributed by atoms with van der Waals surface area (Å²) in [7, 11) is 0. The minimum Gasteiger partial charge on any atom is -0.389 e. The van der Waals surface area contributed by atoms with Gasteiger partial charge in [0.2, 0.25) is 0 Å². The predicted octanol–water partition coefficient (Wildman–Crippen LogP) is 3.41. The highest BCUT2D eigenvalue weighted by Crippen LogP contribution is 2.37.